The molecule has 4 heteroatoms. The number of hydrogen-bond donors (Lipinski definition) is 1. The van der Waals surface area contributed by atoms with Gasteiger partial charge in [-0.2, -0.15) is 0 Å². The number of benzene rings is 1. The van der Waals surface area contributed by atoms with Gasteiger partial charge in [-0.25, -0.2) is 0 Å². The molecule has 0 amide bonds. The fraction of sp³-hybridized carbons (Fsp3) is 0.571. The standard InChI is InChI=1S/C14H22ClNO2/c1-4-14(16,5-2)10-18-9-11-8-12(15)6-7-13(11)17-3/h6-8H,4-5,9-10,16H2,1-3H3. The van der Waals surface area contributed by atoms with Crippen LogP contribution in [0.2, 0.25) is 5.02 Å². The molecule has 0 aliphatic rings. The minimum atomic E-state index is -0.244. The van der Waals surface area contributed by atoms with Crippen molar-refractivity contribution in [1.29, 1.82) is 0 Å². The van der Waals surface area contributed by atoms with E-state index in [2.05, 4.69) is 13.8 Å². The molecule has 1 aromatic carbocycles. The second-order valence-electron chi connectivity index (χ2n) is 4.52. The number of ether oxygens (including phenoxy) is 2. The van der Waals surface area contributed by atoms with Gasteiger partial charge in [-0.1, -0.05) is 25.4 Å². The lowest BCUT2D eigenvalue weighted by atomic mass is 9.96. The number of hydrogen-bond acceptors (Lipinski definition) is 3. The highest BCUT2D eigenvalue weighted by Crippen LogP contribution is 2.24. The van der Waals surface area contributed by atoms with Gasteiger partial charge >= 0.3 is 0 Å². The van der Waals surface area contributed by atoms with E-state index in [1.807, 2.05) is 12.1 Å². The number of rotatable bonds is 7. The van der Waals surface area contributed by atoms with E-state index >= 15 is 0 Å². The molecule has 0 aliphatic heterocycles. The molecule has 1 rings (SSSR count). The summed E-state index contributed by atoms with van der Waals surface area (Å²) in [6.45, 7) is 5.15. The Labute approximate surface area is 114 Å². The maximum Gasteiger partial charge on any atom is 0.124 e. The van der Waals surface area contributed by atoms with Crippen LogP contribution in [0.25, 0.3) is 0 Å². The van der Waals surface area contributed by atoms with Gasteiger partial charge in [0.15, 0.2) is 0 Å². The fourth-order valence-corrected chi connectivity index (χ4v) is 1.87. The van der Waals surface area contributed by atoms with Crippen LogP contribution in [0, 0.1) is 0 Å². The van der Waals surface area contributed by atoms with Crippen LogP contribution in [-0.2, 0) is 11.3 Å². The lowest BCUT2D eigenvalue weighted by molar-refractivity contribution is 0.0685. The number of nitrogens with two attached hydrogens (primary N) is 1. The minimum Gasteiger partial charge on any atom is -0.496 e. The molecule has 0 heterocycles. The Morgan fingerprint density at radius 2 is 1.94 bits per heavy atom. The summed E-state index contributed by atoms with van der Waals surface area (Å²) in [5.41, 5.74) is 6.88. The van der Waals surface area contributed by atoms with Gasteiger partial charge in [-0.15, -0.1) is 0 Å². The zero-order valence-corrected chi connectivity index (χ0v) is 12.1. The van der Waals surface area contributed by atoms with Crippen molar-refractivity contribution in [1.82, 2.24) is 0 Å². The van der Waals surface area contributed by atoms with E-state index in [0.717, 1.165) is 24.2 Å². The van der Waals surface area contributed by atoms with Gasteiger partial charge in [0.2, 0.25) is 0 Å². The van der Waals surface area contributed by atoms with Gasteiger partial charge in [0.1, 0.15) is 5.75 Å². The number of halogens is 1. The van der Waals surface area contributed by atoms with Crippen molar-refractivity contribution in [3.05, 3.63) is 28.8 Å². The van der Waals surface area contributed by atoms with Gasteiger partial charge in [0, 0.05) is 16.1 Å². The first-order valence-corrected chi connectivity index (χ1v) is 6.61. The maximum absolute atomic E-state index is 6.18. The van der Waals surface area contributed by atoms with Crippen LogP contribution < -0.4 is 10.5 Å². The normalized spacial score (nSPS) is 11.6. The topological polar surface area (TPSA) is 44.5 Å². The van der Waals surface area contributed by atoms with Gasteiger partial charge in [0.25, 0.3) is 0 Å². The zero-order chi connectivity index (χ0) is 13.6. The lowest BCUT2D eigenvalue weighted by Gasteiger charge is -2.26. The predicted molar refractivity (Wildman–Crippen MR) is 75.2 cm³/mol. The second-order valence-corrected chi connectivity index (χ2v) is 4.95. The molecule has 18 heavy (non-hydrogen) atoms. The first-order chi connectivity index (χ1) is 8.54. The molecule has 0 spiro atoms. The Morgan fingerprint density at radius 3 is 2.50 bits per heavy atom. The largest absolute Gasteiger partial charge is 0.496 e. The summed E-state index contributed by atoms with van der Waals surface area (Å²) in [6.07, 6.45) is 1.80. The molecule has 0 radical (unpaired) electrons. The molecule has 102 valence electrons. The second kappa shape index (κ2) is 6.98. The van der Waals surface area contributed by atoms with Crippen LogP contribution in [0.4, 0.5) is 0 Å². The van der Waals surface area contributed by atoms with Crippen molar-refractivity contribution in [2.75, 3.05) is 13.7 Å². The van der Waals surface area contributed by atoms with Crippen molar-refractivity contribution in [3.63, 3.8) is 0 Å². The summed E-state index contributed by atoms with van der Waals surface area (Å²) in [5.74, 6) is 0.787. The summed E-state index contributed by atoms with van der Waals surface area (Å²) >= 11 is 5.96. The van der Waals surface area contributed by atoms with Crippen LogP contribution in [0.1, 0.15) is 32.3 Å². The van der Waals surface area contributed by atoms with E-state index in [4.69, 9.17) is 26.8 Å². The highest BCUT2D eigenvalue weighted by atomic mass is 35.5. The molecule has 1 aromatic rings. The molecule has 0 aromatic heterocycles. The predicted octanol–water partition coefficient (Wildman–Crippen LogP) is 3.38. The Kier molecular flexibility index (Phi) is 5.93. The summed E-state index contributed by atoms with van der Waals surface area (Å²) in [6, 6.07) is 5.50. The molecule has 3 nitrogen and oxygen atoms in total. The van der Waals surface area contributed by atoms with Crippen LogP contribution in [0.15, 0.2) is 18.2 Å². The third-order valence-corrected chi connectivity index (χ3v) is 3.53. The van der Waals surface area contributed by atoms with Crippen LogP contribution in [0.3, 0.4) is 0 Å². The first-order valence-electron chi connectivity index (χ1n) is 6.23. The average molecular weight is 272 g/mol. The van der Waals surface area contributed by atoms with E-state index in [1.165, 1.54) is 0 Å². The smallest absolute Gasteiger partial charge is 0.124 e. The Balaban J connectivity index is 2.60. The molecule has 0 saturated heterocycles. The van der Waals surface area contributed by atoms with Gasteiger partial charge in [-0.3, -0.25) is 0 Å². The molecular formula is C14H22ClNO2. The van der Waals surface area contributed by atoms with E-state index in [9.17, 15) is 0 Å². The molecule has 0 fully saturated rings. The third kappa shape index (κ3) is 4.16. The third-order valence-electron chi connectivity index (χ3n) is 3.30. The van der Waals surface area contributed by atoms with Gasteiger partial charge in [-0.05, 0) is 31.0 Å². The molecular weight excluding hydrogens is 250 g/mol. The molecule has 0 bridgehead atoms. The molecule has 0 saturated carbocycles. The molecule has 0 atom stereocenters. The van der Waals surface area contributed by atoms with Crippen molar-refractivity contribution in [2.24, 2.45) is 5.73 Å². The van der Waals surface area contributed by atoms with Crippen molar-refractivity contribution < 1.29 is 9.47 Å². The monoisotopic (exact) mass is 271 g/mol. The van der Waals surface area contributed by atoms with Crippen LogP contribution >= 0.6 is 11.6 Å². The Hall–Kier alpha value is -0.770. The fourth-order valence-electron chi connectivity index (χ4n) is 1.68. The zero-order valence-electron chi connectivity index (χ0n) is 11.3. The van der Waals surface area contributed by atoms with E-state index < -0.39 is 0 Å². The van der Waals surface area contributed by atoms with Crippen LogP contribution in [-0.4, -0.2) is 19.3 Å². The van der Waals surface area contributed by atoms with E-state index in [1.54, 1.807) is 13.2 Å². The molecule has 2 N–H and O–H groups in total. The summed E-state index contributed by atoms with van der Waals surface area (Å²) < 4.78 is 11.0. The van der Waals surface area contributed by atoms with Crippen molar-refractivity contribution in [2.45, 2.75) is 38.8 Å². The van der Waals surface area contributed by atoms with Crippen LogP contribution in [0.5, 0.6) is 5.75 Å². The molecule has 0 unspecified atom stereocenters. The lowest BCUT2D eigenvalue weighted by Crippen LogP contribution is -2.43. The highest BCUT2D eigenvalue weighted by molar-refractivity contribution is 6.30. The SMILES string of the molecule is CCC(N)(CC)COCc1cc(Cl)ccc1OC. The van der Waals surface area contributed by atoms with Crippen molar-refractivity contribution >= 4 is 11.6 Å². The summed E-state index contributed by atoms with van der Waals surface area (Å²) in [7, 11) is 1.64. The quantitative estimate of drug-likeness (QED) is 0.827. The first kappa shape index (κ1) is 15.3. The Morgan fingerprint density at radius 1 is 1.28 bits per heavy atom. The summed E-state index contributed by atoms with van der Waals surface area (Å²) in [4.78, 5) is 0. The van der Waals surface area contributed by atoms with Gasteiger partial charge < -0.3 is 15.2 Å². The van der Waals surface area contributed by atoms with E-state index in [0.29, 0.717) is 18.2 Å². The van der Waals surface area contributed by atoms with Gasteiger partial charge in [0.05, 0.1) is 20.3 Å². The highest BCUT2D eigenvalue weighted by Gasteiger charge is 2.20. The average Bonchev–Trinajstić information content (AvgIpc) is 2.39. The maximum atomic E-state index is 6.18. The molecule has 0 aliphatic carbocycles. The number of methoxy groups -OCH3 is 1. The van der Waals surface area contributed by atoms with E-state index in [-0.39, 0.29) is 5.54 Å². The minimum absolute atomic E-state index is 0.244. The van der Waals surface area contributed by atoms with Crippen molar-refractivity contribution in [3.8, 4) is 5.75 Å². The summed E-state index contributed by atoms with van der Waals surface area (Å²) in [5, 5.41) is 0.680. The Bertz CT molecular complexity index is 378.